The van der Waals surface area contributed by atoms with Crippen LogP contribution in [0.4, 0.5) is 0 Å². The summed E-state index contributed by atoms with van der Waals surface area (Å²) in [6, 6.07) is 0. The highest BCUT2D eigenvalue weighted by molar-refractivity contribution is 14.1. The van der Waals surface area contributed by atoms with Gasteiger partial charge >= 0.3 is 0 Å². The van der Waals surface area contributed by atoms with Crippen molar-refractivity contribution in [2.75, 3.05) is 13.6 Å². The van der Waals surface area contributed by atoms with Gasteiger partial charge in [0, 0.05) is 25.5 Å². The topological polar surface area (TPSA) is 6.48 Å². The third-order valence-corrected chi connectivity index (χ3v) is 1.66. The molecule has 0 aromatic carbocycles. The lowest BCUT2D eigenvalue weighted by Crippen LogP contribution is -2.14. The van der Waals surface area contributed by atoms with E-state index in [4.69, 9.17) is 0 Å². The van der Waals surface area contributed by atoms with Gasteiger partial charge in [0.15, 0.2) is 0 Å². The Bertz CT molecular complexity index is 153. The summed E-state index contributed by atoms with van der Waals surface area (Å²) in [5.41, 5.74) is 1.21. The lowest BCUT2D eigenvalue weighted by atomic mass is 10.4. The number of halogens is 1. The van der Waals surface area contributed by atoms with E-state index < -0.39 is 0 Å². The molecule has 78 valence electrons. The predicted molar refractivity (Wildman–Crippen MR) is 69.5 cm³/mol. The van der Waals surface area contributed by atoms with Crippen LogP contribution in [0.25, 0.3) is 0 Å². The normalized spacial score (nSPS) is 9.85. The van der Waals surface area contributed by atoms with Crippen molar-refractivity contribution in [1.82, 2.24) is 8.01 Å². The van der Waals surface area contributed by atoms with Crippen molar-refractivity contribution < 1.29 is 0 Å². The first-order valence-corrected chi connectivity index (χ1v) is 5.54. The van der Waals surface area contributed by atoms with Crippen molar-refractivity contribution in [3.63, 3.8) is 0 Å². The number of allylic oxidation sites excluding steroid dienone is 1. The molecule has 13 heavy (non-hydrogen) atoms. The van der Waals surface area contributed by atoms with Gasteiger partial charge in [-0.15, -0.1) is 0 Å². The molecule has 0 atom stereocenters. The number of hydrogen-bond donors (Lipinski definition) is 0. The monoisotopic (exact) mass is 296 g/mol. The molecular formula is C10H21IN2. The molecule has 0 aromatic rings. The second kappa shape index (κ2) is 9.89. The molecule has 0 N–H and O–H groups in total. The zero-order chi connectivity index (χ0) is 10.9. The average molecular weight is 296 g/mol. The summed E-state index contributed by atoms with van der Waals surface area (Å²) in [6.07, 6.45) is 3.90. The third kappa shape index (κ3) is 8.15. The summed E-state index contributed by atoms with van der Waals surface area (Å²) >= 11 is 2.22. The third-order valence-electron chi connectivity index (χ3n) is 1.38. The molecule has 0 spiro atoms. The number of hydrogen-bond acceptors (Lipinski definition) is 2. The Hall–Kier alpha value is -0.190. The Kier molecular flexibility index (Phi) is 11.6. The zero-order valence-electron chi connectivity index (χ0n) is 9.34. The Morgan fingerprint density at radius 2 is 1.92 bits per heavy atom. The molecule has 2 nitrogen and oxygen atoms in total. The summed E-state index contributed by atoms with van der Waals surface area (Å²) in [6.45, 7) is 12.9. The molecule has 0 aliphatic carbocycles. The van der Waals surface area contributed by atoms with Crippen LogP contribution in [0, 0.1) is 0 Å². The molecule has 0 fully saturated rings. The summed E-state index contributed by atoms with van der Waals surface area (Å²) < 4.78 is 2.00. The van der Waals surface area contributed by atoms with Crippen LogP contribution in [0.3, 0.4) is 0 Å². The van der Waals surface area contributed by atoms with Crippen LogP contribution in [0.5, 0.6) is 0 Å². The van der Waals surface area contributed by atoms with Gasteiger partial charge in [0.05, 0.1) is 22.9 Å². The summed E-state index contributed by atoms with van der Waals surface area (Å²) in [4.78, 5) is 2.09. The van der Waals surface area contributed by atoms with E-state index in [0.717, 1.165) is 6.54 Å². The zero-order valence-corrected chi connectivity index (χ0v) is 11.5. The van der Waals surface area contributed by atoms with Crippen molar-refractivity contribution >= 4 is 22.9 Å². The quantitative estimate of drug-likeness (QED) is 0.577. The molecule has 0 aliphatic rings. The van der Waals surface area contributed by atoms with E-state index in [1.165, 1.54) is 5.70 Å². The van der Waals surface area contributed by atoms with Gasteiger partial charge in [0.2, 0.25) is 0 Å². The predicted octanol–water partition coefficient (Wildman–Crippen LogP) is 3.62. The highest BCUT2D eigenvalue weighted by Crippen LogP contribution is 2.06. The van der Waals surface area contributed by atoms with E-state index in [2.05, 4.69) is 54.4 Å². The Balaban J connectivity index is 0. The van der Waals surface area contributed by atoms with Crippen LogP contribution in [-0.2, 0) is 0 Å². The van der Waals surface area contributed by atoms with Crippen molar-refractivity contribution in [2.45, 2.75) is 27.7 Å². The summed E-state index contributed by atoms with van der Waals surface area (Å²) in [7, 11) is 2.00. The second-order valence-electron chi connectivity index (χ2n) is 2.26. The maximum atomic E-state index is 3.72. The van der Waals surface area contributed by atoms with Crippen LogP contribution < -0.4 is 0 Å². The molecule has 0 saturated carbocycles. The van der Waals surface area contributed by atoms with Crippen LogP contribution in [-0.4, -0.2) is 21.6 Å². The Morgan fingerprint density at radius 3 is 2.15 bits per heavy atom. The van der Waals surface area contributed by atoms with Gasteiger partial charge in [0.1, 0.15) is 0 Å². The SMILES string of the molecule is C=CN(CC)/C(C)=C\N(C)I.CC. The van der Waals surface area contributed by atoms with Gasteiger partial charge in [-0.25, -0.2) is 0 Å². The van der Waals surface area contributed by atoms with E-state index in [1.54, 1.807) is 0 Å². The molecule has 0 rings (SSSR count). The van der Waals surface area contributed by atoms with E-state index in [9.17, 15) is 0 Å². The van der Waals surface area contributed by atoms with Gasteiger partial charge in [-0.05, 0) is 20.0 Å². The van der Waals surface area contributed by atoms with E-state index in [1.807, 2.05) is 30.2 Å². The maximum absolute atomic E-state index is 3.72. The molecular weight excluding hydrogens is 275 g/mol. The van der Waals surface area contributed by atoms with Crippen LogP contribution >= 0.6 is 22.9 Å². The molecule has 0 radical (unpaired) electrons. The van der Waals surface area contributed by atoms with Crippen molar-refractivity contribution in [3.05, 3.63) is 24.7 Å². The fraction of sp³-hybridized carbons (Fsp3) is 0.600. The second-order valence-corrected chi connectivity index (χ2v) is 3.79. The van der Waals surface area contributed by atoms with Gasteiger partial charge in [-0.3, -0.25) is 0 Å². The molecule has 0 heterocycles. The molecule has 0 bridgehead atoms. The Labute approximate surface area is 96.8 Å². The van der Waals surface area contributed by atoms with E-state index in [0.29, 0.717) is 0 Å². The van der Waals surface area contributed by atoms with Crippen LogP contribution in [0.2, 0.25) is 0 Å². The van der Waals surface area contributed by atoms with Crippen LogP contribution in [0.15, 0.2) is 24.7 Å². The first-order valence-electron chi connectivity index (χ1n) is 4.58. The standard InChI is InChI=1S/C8H15IN2.C2H6/c1-5-11(6-2)8(3)7-10(4)9;1-2/h5,7H,1,6H2,2-4H3;1-2H3/b8-7-;. The smallest absolute Gasteiger partial charge is 0.0583 e. The van der Waals surface area contributed by atoms with Crippen molar-refractivity contribution in [3.8, 4) is 0 Å². The summed E-state index contributed by atoms with van der Waals surface area (Å²) in [5, 5.41) is 0. The van der Waals surface area contributed by atoms with Gasteiger partial charge in [-0.2, -0.15) is 0 Å². The molecule has 0 aromatic heterocycles. The fourth-order valence-electron chi connectivity index (χ4n) is 0.854. The first kappa shape index (κ1) is 15.3. The number of nitrogens with zero attached hydrogens (tertiary/aromatic N) is 2. The Morgan fingerprint density at radius 1 is 1.46 bits per heavy atom. The maximum Gasteiger partial charge on any atom is 0.0583 e. The van der Waals surface area contributed by atoms with Gasteiger partial charge in [0.25, 0.3) is 0 Å². The molecule has 0 saturated heterocycles. The van der Waals surface area contributed by atoms with Crippen molar-refractivity contribution in [2.24, 2.45) is 0 Å². The minimum absolute atomic E-state index is 0.969. The number of rotatable bonds is 4. The highest BCUT2D eigenvalue weighted by atomic mass is 127. The fourth-order valence-corrected chi connectivity index (χ4v) is 1.26. The van der Waals surface area contributed by atoms with E-state index in [-0.39, 0.29) is 0 Å². The largest absolute Gasteiger partial charge is 0.351 e. The lowest BCUT2D eigenvalue weighted by molar-refractivity contribution is 0.485. The van der Waals surface area contributed by atoms with Crippen LogP contribution in [0.1, 0.15) is 27.7 Å². The summed E-state index contributed by atoms with van der Waals surface area (Å²) in [5.74, 6) is 0. The van der Waals surface area contributed by atoms with E-state index >= 15 is 0 Å². The average Bonchev–Trinajstić information content (AvgIpc) is 2.08. The lowest BCUT2D eigenvalue weighted by Gasteiger charge is -2.19. The van der Waals surface area contributed by atoms with Gasteiger partial charge in [-0.1, -0.05) is 20.4 Å². The minimum Gasteiger partial charge on any atom is -0.351 e. The highest BCUT2D eigenvalue weighted by Gasteiger charge is 1.96. The molecule has 0 amide bonds. The molecule has 0 aliphatic heterocycles. The minimum atomic E-state index is 0.969. The molecule has 0 unspecified atom stereocenters. The van der Waals surface area contributed by atoms with Crippen molar-refractivity contribution in [1.29, 1.82) is 0 Å². The van der Waals surface area contributed by atoms with Gasteiger partial charge < -0.3 is 8.01 Å². The first-order chi connectivity index (χ1) is 6.11. The molecule has 3 heteroatoms.